The van der Waals surface area contributed by atoms with E-state index < -0.39 is 3.24 Å². The molecule has 0 fully saturated rings. The summed E-state index contributed by atoms with van der Waals surface area (Å²) in [5.41, 5.74) is 0. The number of halogens is 3. The maximum atomic E-state index is 5.16. The summed E-state index contributed by atoms with van der Waals surface area (Å²) in [5.74, 6) is 2.05. The molecule has 0 heterocycles. The van der Waals surface area contributed by atoms with Crippen LogP contribution >= 0.6 is 39.1 Å². The number of alkyl halides is 3. The van der Waals surface area contributed by atoms with E-state index in [9.17, 15) is 0 Å². The first-order valence-corrected chi connectivity index (χ1v) is 2.65. The van der Waals surface area contributed by atoms with Crippen molar-refractivity contribution in [2.24, 2.45) is 0 Å². The lowest BCUT2D eigenvalue weighted by Gasteiger charge is -1.94. The maximum Gasteiger partial charge on any atom is 0.232 e. The molecule has 0 atom stereocenters. The molecule has 0 aromatic carbocycles. The fraction of sp³-hybridized carbons (Fsp3) is 0.333. The number of hydrogen-bond acceptors (Lipinski definition) is 0. The molecule has 0 nitrogen and oxygen atoms in total. The van der Waals surface area contributed by atoms with Gasteiger partial charge in [-0.1, -0.05) is 29.1 Å². The molecule has 0 spiro atoms. The van der Waals surface area contributed by atoms with Crippen LogP contribution in [0.25, 0.3) is 0 Å². The summed E-state index contributed by atoms with van der Waals surface area (Å²) >= 11 is 13.1. The second kappa shape index (κ2) is 2.07. The molecular weight excluding hydrogens is 187 g/mol. The number of terminal acetylenes is 1. The van der Waals surface area contributed by atoms with Crippen LogP contribution in [0.3, 0.4) is 0 Å². The van der Waals surface area contributed by atoms with E-state index >= 15 is 0 Å². The summed E-state index contributed by atoms with van der Waals surface area (Å²) in [5, 5.41) is 0. The van der Waals surface area contributed by atoms with E-state index in [2.05, 4.69) is 21.9 Å². The van der Waals surface area contributed by atoms with Crippen molar-refractivity contribution < 1.29 is 0 Å². The van der Waals surface area contributed by atoms with Gasteiger partial charge in [0.1, 0.15) is 0 Å². The number of rotatable bonds is 0. The lowest BCUT2D eigenvalue weighted by Crippen LogP contribution is -1.91. The van der Waals surface area contributed by atoms with E-state index in [0.29, 0.717) is 0 Å². The molecule has 34 valence electrons. The van der Waals surface area contributed by atoms with Gasteiger partial charge in [-0.05, 0) is 15.9 Å². The summed E-state index contributed by atoms with van der Waals surface area (Å²) in [4.78, 5) is 0. The Morgan fingerprint density at radius 2 is 1.83 bits per heavy atom. The van der Waals surface area contributed by atoms with Gasteiger partial charge in [-0.25, -0.2) is 0 Å². The quantitative estimate of drug-likeness (QED) is 0.403. The first-order valence-electron chi connectivity index (χ1n) is 1.11. The molecule has 0 unspecified atom stereocenters. The lowest BCUT2D eigenvalue weighted by atomic mass is 10.8. The van der Waals surface area contributed by atoms with Crippen molar-refractivity contribution >= 4 is 39.1 Å². The smallest absolute Gasteiger partial charge is 0.116 e. The lowest BCUT2D eigenvalue weighted by molar-refractivity contribution is 1.64. The largest absolute Gasteiger partial charge is 0.232 e. The van der Waals surface area contributed by atoms with Crippen molar-refractivity contribution in [3.05, 3.63) is 0 Å². The van der Waals surface area contributed by atoms with E-state index in [1.54, 1.807) is 0 Å². The highest BCUT2D eigenvalue weighted by Crippen LogP contribution is 2.26. The summed E-state index contributed by atoms with van der Waals surface area (Å²) < 4.78 is -1.17. The minimum atomic E-state index is -1.17. The Bertz CT molecular complexity index is 75.8. The van der Waals surface area contributed by atoms with E-state index in [-0.39, 0.29) is 0 Å². The van der Waals surface area contributed by atoms with Gasteiger partial charge in [0, 0.05) is 0 Å². The average molecular weight is 188 g/mol. The zero-order valence-electron chi connectivity index (χ0n) is 2.71. The van der Waals surface area contributed by atoms with Gasteiger partial charge < -0.3 is 0 Å². The highest BCUT2D eigenvalue weighted by molar-refractivity contribution is 9.11. The van der Waals surface area contributed by atoms with E-state index in [1.165, 1.54) is 0 Å². The molecule has 0 saturated carbocycles. The summed E-state index contributed by atoms with van der Waals surface area (Å²) in [6.07, 6.45) is 4.74. The van der Waals surface area contributed by atoms with Crippen molar-refractivity contribution in [3.8, 4) is 12.3 Å². The van der Waals surface area contributed by atoms with Crippen LogP contribution in [0.5, 0.6) is 0 Å². The molecule has 0 N–H and O–H groups in total. The Labute approximate surface area is 54.9 Å². The third-order valence-electron chi connectivity index (χ3n) is 0.164. The van der Waals surface area contributed by atoms with Crippen molar-refractivity contribution in [2.75, 3.05) is 0 Å². The third-order valence-corrected chi connectivity index (χ3v) is 0.611. The van der Waals surface area contributed by atoms with Gasteiger partial charge in [-0.2, -0.15) is 0 Å². The fourth-order valence-corrected chi connectivity index (χ4v) is 0. The molecule has 0 aliphatic carbocycles. The molecule has 0 aliphatic heterocycles. The van der Waals surface area contributed by atoms with Crippen LogP contribution < -0.4 is 0 Å². The van der Waals surface area contributed by atoms with Gasteiger partial charge in [0.2, 0.25) is 3.24 Å². The van der Waals surface area contributed by atoms with Crippen molar-refractivity contribution in [1.82, 2.24) is 0 Å². The Balaban J connectivity index is 3.55. The van der Waals surface area contributed by atoms with Crippen LogP contribution in [0.2, 0.25) is 0 Å². The van der Waals surface area contributed by atoms with E-state index in [0.717, 1.165) is 0 Å². The SMILES string of the molecule is C#CC(Cl)(Cl)Br. The third kappa shape index (κ3) is 4.62. The Morgan fingerprint density at radius 1 is 1.67 bits per heavy atom. The molecule has 0 aromatic rings. The normalized spacial score (nSPS) is 10.3. The Hall–Kier alpha value is 0.620. The van der Waals surface area contributed by atoms with E-state index in [4.69, 9.17) is 29.6 Å². The van der Waals surface area contributed by atoms with Gasteiger partial charge in [0.15, 0.2) is 0 Å². The van der Waals surface area contributed by atoms with Gasteiger partial charge in [-0.3, -0.25) is 0 Å². The molecule has 0 amide bonds. The number of hydrogen-bond donors (Lipinski definition) is 0. The standard InChI is InChI=1S/C3HBrCl2/c1-2-3(4,5)6/h1H. The molecule has 0 radical (unpaired) electrons. The van der Waals surface area contributed by atoms with E-state index in [1.807, 2.05) is 0 Å². The minimum absolute atomic E-state index is 1.17. The maximum absolute atomic E-state index is 5.16. The summed E-state index contributed by atoms with van der Waals surface area (Å²) in [6, 6.07) is 0. The van der Waals surface area contributed by atoms with Crippen LogP contribution in [0.4, 0.5) is 0 Å². The molecule has 0 aromatic heterocycles. The van der Waals surface area contributed by atoms with Gasteiger partial charge in [-0.15, -0.1) is 6.42 Å². The molecule has 0 bridgehead atoms. The monoisotopic (exact) mass is 186 g/mol. The van der Waals surface area contributed by atoms with Gasteiger partial charge in [0.05, 0.1) is 0 Å². The highest BCUT2D eigenvalue weighted by Gasteiger charge is 2.11. The average Bonchev–Trinajstić information content (AvgIpc) is 1.35. The predicted octanol–water partition coefficient (Wildman–Crippen LogP) is 2.15. The molecule has 0 saturated heterocycles. The molecule has 3 heteroatoms. The second-order valence-electron chi connectivity index (χ2n) is 0.642. The van der Waals surface area contributed by atoms with Crippen LogP contribution in [-0.2, 0) is 0 Å². The minimum Gasteiger partial charge on any atom is -0.116 e. The van der Waals surface area contributed by atoms with Crippen LogP contribution in [0.15, 0.2) is 0 Å². The molecular formula is C3HBrCl2. The van der Waals surface area contributed by atoms with Crippen molar-refractivity contribution in [1.29, 1.82) is 0 Å². The molecule has 6 heavy (non-hydrogen) atoms. The first-order chi connectivity index (χ1) is 2.56. The summed E-state index contributed by atoms with van der Waals surface area (Å²) in [7, 11) is 0. The topological polar surface area (TPSA) is 0 Å². The summed E-state index contributed by atoms with van der Waals surface area (Å²) in [6.45, 7) is 0. The van der Waals surface area contributed by atoms with Crippen LogP contribution in [0.1, 0.15) is 0 Å². The predicted molar refractivity (Wildman–Crippen MR) is 32.2 cm³/mol. The second-order valence-corrected chi connectivity index (χ2v) is 4.07. The zero-order chi connectivity index (χ0) is 5.21. The molecule has 0 aliphatic rings. The molecule has 0 rings (SSSR count). The van der Waals surface area contributed by atoms with Crippen LogP contribution in [-0.4, -0.2) is 3.24 Å². The Kier molecular flexibility index (Phi) is 2.28. The first kappa shape index (κ1) is 6.62. The zero-order valence-corrected chi connectivity index (χ0v) is 5.81. The van der Waals surface area contributed by atoms with Gasteiger partial charge >= 0.3 is 0 Å². The van der Waals surface area contributed by atoms with Gasteiger partial charge in [0.25, 0.3) is 0 Å². The van der Waals surface area contributed by atoms with Crippen molar-refractivity contribution in [3.63, 3.8) is 0 Å². The Morgan fingerprint density at radius 3 is 1.83 bits per heavy atom. The highest BCUT2D eigenvalue weighted by atomic mass is 79.9. The fourth-order valence-electron chi connectivity index (χ4n) is 0. The van der Waals surface area contributed by atoms with Crippen molar-refractivity contribution in [2.45, 2.75) is 3.24 Å². The van der Waals surface area contributed by atoms with Crippen LogP contribution in [0, 0.1) is 12.3 Å².